The predicted octanol–water partition coefficient (Wildman–Crippen LogP) is 2.75. The first-order valence-electron chi connectivity index (χ1n) is 10.1. The molecule has 1 saturated heterocycles. The number of hydrogen-bond acceptors (Lipinski definition) is 8. The second kappa shape index (κ2) is 9.82. The van der Waals surface area contributed by atoms with Gasteiger partial charge in [-0.1, -0.05) is 6.07 Å². The van der Waals surface area contributed by atoms with E-state index in [1.54, 1.807) is 18.3 Å². The Hall–Kier alpha value is -2.78. The zero-order chi connectivity index (χ0) is 20.8. The molecule has 4 rings (SSSR count). The Morgan fingerprint density at radius 1 is 1.07 bits per heavy atom. The molecule has 3 heterocycles. The van der Waals surface area contributed by atoms with Gasteiger partial charge in [0.05, 0.1) is 10.6 Å². The molecule has 30 heavy (non-hydrogen) atoms. The van der Waals surface area contributed by atoms with E-state index < -0.39 is 0 Å². The van der Waals surface area contributed by atoms with Gasteiger partial charge in [-0.25, -0.2) is 9.97 Å². The highest BCUT2D eigenvalue weighted by molar-refractivity contribution is 8.18. The van der Waals surface area contributed by atoms with E-state index in [0.717, 1.165) is 56.1 Å². The van der Waals surface area contributed by atoms with Gasteiger partial charge >= 0.3 is 0 Å². The van der Waals surface area contributed by atoms with Crippen molar-refractivity contribution in [2.75, 3.05) is 11.9 Å². The fraction of sp³-hybridized carbons (Fsp3) is 0.381. The summed E-state index contributed by atoms with van der Waals surface area (Å²) in [7, 11) is 0. The molecule has 1 aliphatic carbocycles. The van der Waals surface area contributed by atoms with E-state index in [1.807, 2.05) is 18.3 Å². The van der Waals surface area contributed by atoms with Gasteiger partial charge < -0.3 is 10.6 Å². The highest BCUT2D eigenvalue weighted by Gasteiger charge is 2.25. The van der Waals surface area contributed by atoms with Crippen molar-refractivity contribution in [1.29, 1.82) is 0 Å². The summed E-state index contributed by atoms with van der Waals surface area (Å²) in [6.45, 7) is 0.938. The van der Waals surface area contributed by atoms with E-state index in [-0.39, 0.29) is 11.1 Å². The number of rotatable bonds is 7. The minimum Gasteiger partial charge on any atom is -0.351 e. The summed E-state index contributed by atoms with van der Waals surface area (Å²) in [4.78, 5) is 36.4. The largest absolute Gasteiger partial charge is 0.351 e. The van der Waals surface area contributed by atoms with Crippen LogP contribution < -0.4 is 16.0 Å². The minimum atomic E-state index is -0.382. The summed E-state index contributed by atoms with van der Waals surface area (Å²) in [5.41, 5.74) is 1.72. The van der Waals surface area contributed by atoms with Crippen molar-refractivity contribution in [2.24, 2.45) is 0 Å². The second-order valence-corrected chi connectivity index (χ2v) is 8.39. The normalized spacial score (nSPS) is 22.9. The van der Waals surface area contributed by atoms with Gasteiger partial charge in [-0.05, 0) is 61.7 Å². The van der Waals surface area contributed by atoms with Crippen LogP contribution in [0.1, 0.15) is 37.1 Å². The molecule has 9 heteroatoms. The third-order valence-corrected chi connectivity index (χ3v) is 6.01. The topological polar surface area (TPSA) is 109 Å². The van der Waals surface area contributed by atoms with Crippen LogP contribution in [-0.2, 0) is 11.2 Å². The van der Waals surface area contributed by atoms with E-state index >= 15 is 0 Å². The Morgan fingerprint density at radius 2 is 1.90 bits per heavy atom. The molecule has 0 spiro atoms. The quantitative estimate of drug-likeness (QED) is 0.582. The van der Waals surface area contributed by atoms with E-state index in [1.165, 1.54) is 0 Å². The maximum Gasteiger partial charge on any atom is 0.290 e. The van der Waals surface area contributed by atoms with Crippen molar-refractivity contribution < 1.29 is 9.59 Å². The van der Waals surface area contributed by atoms with Crippen LogP contribution in [0.5, 0.6) is 0 Å². The highest BCUT2D eigenvalue weighted by atomic mass is 32.2. The van der Waals surface area contributed by atoms with Crippen LogP contribution in [0.2, 0.25) is 0 Å². The number of carbonyl (C=O) groups excluding carboxylic acids is 2. The Bertz CT molecular complexity index is 928. The van der Waals surface area contributed by atoms with Crippen LogP contribution in [0, 0.1) is 0 Å². The molecule has 2 aromatic rings. The van der Waals surface area contributed by atoms with Crippen LogP contribution in [0.4, 0.5) is 10.7 Å². The molecule has 0 atom stereocenters. The lowest BCUT2D eigenvalue weighted by Crippen LogP contribution is -2.38. The molecular weight excluding hydrogens is 400 g/mol. The lowest BCUT2D eigenvalue weighted by molar-refractivity contribution is -0.115. The molecule has 2 amide bonds. The van der Waals surface area contributed by atoms with Crippen LogP contribution in [0.15, 0.2) is 41.6 Å². The molecule has 0 bridgehead atoms. The number of hydrogen-bond donors (Lipinski definition) is 3. The zero-order valence-corrected chi connectivity index (χ0v) is 17.3. The molecular formula is C21H24N6O2S. The van der Waals surface area contributed by atoms with Crippen LogP contribution in [-0.4, -0.2) is 44.7 Å². The number of nitrogens with zero attached hydrogens (tertiary/aromatic N) is 3. The summed E-state index contributed by atoms with van der Waals surface area (Å²) in [5, 5.41) is 8.93. The molecule has 156 valence electrons. The molecule has 0 radical (unpaired) electrons. The maximum absolute atomic E-state index is 11.7. The summed E-state index contributed by atoms with van der Waals surface area (Å²) in [5.74, 6) is 0.164. The molecule has 2 aromatic heterocycles. The number of amides is 2. The van der Waals surface area contributed by atoms with Crippen LogP contribution in [0.25, 0.3) is 6.08 Å². The van der Waals surface area contributed by atoms with Gasteiger partial charge in [-0.2, -0.15) is 0 Å². The number of pyridine rings is 1. The third-order valence-electron chi connectivity index (χ3n) is 5.20. The zero-order valence-electron chi connectivity index (χ0n) is 16.5. The van der Waals surface area contributed by atoms with Gasteiger partial charge in [0.15, 0.2) is 0 Å². The molecule has 8 nitrogen and oxygen atoms in total. The number of thioether (sulfide) groups is 1. The SMILES string of the molecule is O=C1NC(=O)/C(=C/c2ccnc(N[C@H]3CC[C@H](NCCc4ccccn4)CC3)n2)S1. The Balaban J connectivity index is 1.24. The van der Waals surface area contributed by atoms with E-state index in [4.69, 9.17) is 0 Å². The number of nitrogens with one attached hydrogen (secondary N) is 3. The molecule has 1 saturated carbocycles. The first-order valence-corrected chi connectivity index (χ1v) is 10.9. The summed E-state index contributed by atoms with van der Waals surface area (Å²) in [6, 6.07) is 8.59. The Labute approximate surface area is 179 Å². The van der Waals surface area contributed by atoms with E-state index in [2.05, 4.69) is 37.0 Å². The Morgan fingerprint density at radius 3 is 2.63 bits per heavy atom. The molecule has 1 aliphatic heterocycles. The predicted molar refractivity (Wildman–Crippen MR) is 117 cm³/mol. The molecule has 2 aliphatic rings. The van der Waals surface area contributed by atoms with Gasteiger partial charge in [0, 0.05) is 43.1 Å². The lowest BCUT2D eigenvalue weighted by atomic mass is 9.91. The van der Waals surface area contributed by atoms with Gasteiger partial charge in [0.25, 0.3) is 11.1 Å². The lowest BCUT2D eigenvalue weighted by Gasteiger charge is -2.29. The third kappa shape index (κ3) is 5.64. The number of imide groups is 1. The van der Waals surface area contributed by atoms with Crippen molar-refractivity contribution in [2.45, 2.75) is 44.2 Å². The molecule has 3 N–H and O–H groups in total. The number of carbonyl (C=O) groups is 2. The van der Waals surface area contributed by atoms with E-state index in [9.17, 15) is 9.59 Å². The van der Waals surface area contributed by atoms with Crippen LogP contribution in [0.3, 0.4) is 0 Å². The average molecular weight is 425 g/mol. The monoisotopic (exact) mass is 424 g/mol. The molecule has 0 aromatic carbocycles. The fourth-order valence-electron chi connectivity index (χ4n) is 3.65. The standard InChI is InChI=1S/C21H24N6O2S/c28-19-18(30-21(29)27-19)13-17-9-12-24-20(26-17)25-16-6-4-15(5-7-16)23-11-8-14-3-1-2-10-22-14/h1-3,9-10,12-13,15-16,23H,4-8,11H2,(H,24,25,26)(H,27,28,29)/b18-13-/t15-,16-. The number of anilines is 1. The Kier molecular flexibility index (Phi) is 6.70. The van der Waals surface area contributed by atoms with Gasteiger partial charge in [0.1, 0.15) is 0 Å². The van der Waals surface area contributed by atoms with Crippen molar-refractivity contribution in [3.63, 3.8) is 0 Å². The smallest absolute Gasteiger partial charge is 0.290 e. The van der Waals surface area contributed by atoms with Crippen molar-refractivity contribution in [1.82, 2.24) is 25.6 Å². The van der Waals surface area contributed by atoms with Gasteiger partial charge in [-0.3, -0.25) is 19.9 Å². The second-order valence-electron chi connectivity index (χ2n) is 7.38. The maximum atomic E-state index is 11.7. The first-order chi connectivity index (χ1) is 14.7. The van der Waals surface area contributed by atoms with Crippen LogP contribution >= 0.6 is 11.8 Å². The molecule has 0 unspecified atom stereocenters. The van der Waals surface area contributed by atoms with Crippen molar-refractivity contribution in [3.8, 4) is 0 Å². The van der Waals surface area contributed by atoms with Crippen molar-refractivity contribution in [3.05, 3.63) is 53.0 Å². The molecule has 2 fully saturated rings. The minimum absolute atomic E-state index is 0.326. The first kappa shape index (κ1) is 20.5. The van der Waals surface area contributed by atoms with Crippen molar-refractivity contribution >= 4 is 34.9 Å². The van der Waals surface area contributed by atoms with Gasteiger partial charge in [0.2, 0.25) is 5.95 Å². The highest BCUT2D eigenvalue weighted by Crippen LogP contribution is 2.25. The summed E-state index contributed by atoms with van der Waals surface area (Å²) < 4.78 is 0. The number of aromatic nitrogens is 3. The van der Waals surface area contributed by atoms with E-state index in [0.29, 0.717) is 28.6 Å². The fourth-order valence-corrected chi connectivity index (χ4v) is 4.32. The van der Waals surface area contributed by atoms with Gasteiger partial charge in [-0.15, -0.1) is 0 Å². The average Bonchev–Trinajstić information content (AvgIpc) is 3.07. The summed E-state index contributed by atoms with van der Waals surface area (Å²) in [6.07, 6.45) is 10.3. The summed E-state index contributed by atoms with van der Waals surface area (Å²) >= 11 is 0.885.